The molecule has 0 aliphatic heterocycles. The third-order valence-corrected chi connectivity index (χ3v) is 9.02. The number of carbonyl (C=O) groups is 1. The highest BCUT2D eigenvalue weighted by molar-refractivity contribution is 5.87. The van der Waals surface area contributed by atoms with Crippen LogP contribution in [0.4, 0.5) is 0 Å². The Bertz CT molecular complexity index is 627. The lowest BCUT2D eigenvalue weighted by Crippen LogP contribution is -2.57. The van der Waals surface area contributed by atoms with Crippen molar-refractivity contribution in [2.45, 2.75) is 65.2 Å². The van der Waals surface area contributed by atoms with Gasteiger partial charge in [0.1, 0.15) is 12.4 Å². The first-order chi connectivity index (χ1) is 12.9. The van der Waals surface area contributed by atoms with Gasteiger partial charge < -0.3 is 15.7 Å². The van der Waals surface area contributed by atoms with E-state index in [9.17, 15) is 9.90 Å². The minimum atomic E-state index is -0.130. The van der Waals surface area contributed by atoms with Crippen molar-refractivity contribution in [3.8, 4) is 0 Å². The number of oxime groups is 1. The van der Waals surface area contributed by atoms with Crippen LogP contribution in [0.2, 0.25) is 0 Å². The Morgan fingerprint density at radius 3 is 2.71 bits per heavy atom. The fourth-order valence-corrected chi connectivity index (χ4v) is 7.46. The van der Waals surface area contributed by atoms with Crippen molar-refractivity contribution in [1.29, 1.82) is 0 Å². The van der Waals surface area contributed by atoms with Crippen LogP contribution in [0, 0.1) is 40.4 Å². The third-order valence-electron chi connectivity index (χ3n) is 9.02. The largest absolute Gasteiger partial charge is 0.396 e. The molecule has 0 heterocycles. The average molecular weight is 413 g/mol. The first kappa shape index (κ1) is 22.0. The molecule has 0 amide bonds. The summed E-state index contributed by atoms with van der Waals surface area (Å²) in [7, 11) is 0. The molecule has 0 bridgehead atoms. The molecule has 3 N–H and O–H groups in total. The Morgan fingerprint density at radius 1 is 1.21 bits per heavy atom. The quantitative estimate of drug-likeness (QED) is 0.546. The van der Waals surface area contributed by atoms with Crippen molar-refractivity contribution in [2.75, 3.05) is 19.8 Å². The Kier molecular flexibility index (Phi) is 6.48. The van der Waals surface area contributed by atoms with Gasteiger partial charge in [0.15, 0.2) is 0 Å². The van der Waals surface area contributed by atoms with Crippen molar-refractivity contribution in [2.24, 2.45) is 51.3 Å². The molecule has 0 radical (unpaired) electrons. The minimum Gasteiger partial charge on any atom is -0.396 e. The Balaban J connectivity index is 0.00000225. The van der Waals surface area contributed by atoms with E-state index in [0.29, 0.717) is 53.9 Å². The highest BCUT2D eigenvalue weighted by atomic mass is 35.5. The molecule has 28 heavy (non-hydrogen) atoms. The summed E-state index contributed by atoms with van der Waals surface area (Å²) in [5, 5.41) is 14.6. The number of hydrogen-bond acceptors (Lipinski definition) is 5. The van der Waals surface area contributed by atoms with Crippen LogP contribution in [0.3, 0.4) is 0 Å². The fraction of sp³-hybridized carbons (Fsp3) is 0.909. The summed E-state index contributed by atoms with van der Waals surface area (Å²) in [6, 6.07) is 0. The van der Waals surface area contributed by atoms with Crippen molar-refractivity contribution in [1.82, 2.24) is 0 Å². The van der Waals surface area contributed by atoms with Crippen LogP contribution in [0.1, 0.15) is 65.2 Å². The van der Waals surface area contributed by atoms with Gasteiger partial charge in [0.2, 0.25) is 0 Å². The molecule has 4 saturated carbocycles. The molecular weight excluding hydrogens is 376 g/mol. The second-order valence-corrected chi connectivity index (χ2v) is 10.1. The number of halogens is 1. The average Bonchev–Trinajstić information content (AvgIpc) is 2.96. The normalized spacial score (nSPS) is 46.4. The van der Waals surface area contributed by atoms with E-state index in [-0.39, 0.29) is 24.4 Å². The van der Waals surface area contributed by atoms with Gasteiger partial charge in [-0.1, -0.05) is 19.0 Å². The lowest BCUT2D eigenvalue weighted by atomic mass is 9.43. The van der Waals surface area contributed by atoms with Crippen molar-refractivity contribution in [3.05, 3.63) is 0 Å². The van der Waals surface area contributed by atoms with Crippen LogP contribution in [0.25, 0.3) is 0 Å². The molecule has 0 saturated heterocycles. The molecule has 4 fully saturated rings. The van der Waals surface area contributed by atoms with E-state index >= 15 is 0 Å². The molecule has 0 spiro atoms. The lowest BCUT2D eigenvalue weighted by Gasteiger charge is -2.61. The summed E-state index contributed by atoms with van der Waals surface area (Å²) >= 11 is 0. The number of carbonyl (C=O) groups excluding carboxylic acids is 1. The topological polar surface area (TPSA) is 84.9 Å². The summed E-state index contributed by atoms with van der Waals surface area (Å²) in [5.41, 5.74) is 6.83. The number of ketones is 1. The SMILES string of the molecule is C[C@]12CCC(=NOCCN)CC1CC(CO)[C@@H]1[C@H]2CC[C@]2(C)C(=O)CC[C@@H]12.Cl. The van der Waals surface area contributed by atoms with E-state index in [1.54, 1.807) is 0 Å². The van der Waals surface area contributed by atoms with Crippen LogP contribution in [0.5, 0.6) is 0 Å². The Labute approximate surface area is 175 Å². The van der Waals surface area contributed by atoms with E-state index in [4.69, 9.17) is 10.6 Å². The van der Waals surface area contributed by atoms with E-state index < -0.39 is 0 Å². The molecule has 6 heteroatoms. The van der Waals surface area contributed by atoms with E-state index in [0.717, 1.165) is 57.1 Å². The van der Waals surface area contributed by atoms with Gasteiger partial charge in [-0.3, -0.25) is 4.79 Å². The van der Waals surface area contributed by atoms with Crippen LogP contribution < -0.4 is 5.73 Å². The summed E-state index contributed by atoms with van der Waals surface area (Å²) in [6.07, 6.45) is 8.17. The predicted molar refractivity (Wildman–Crippen MR) is 112 cm³/mol. The number of rotatable bonds is 4. The highest BCUT2D eigenvalue weighted by Crippen LogP contribution is 2.66. The summed E-state index contributed by atoms with van der Waals surface area (Å²) in [4.78, 5) is 18.0. The zero-order chi connectivity index (χ0) is 19.2. The van der Waals surface area contributed by atoms with E-state index in [2.05, 4.69) is 19.0 Å². The number of Topliss-reactive ketones (excluding diaryl/α,β-unsaturated/α-hetero) is 1. The van der Waals surface area contributed by atoms with Crippen LogP contribution in [-0.2, 0) is 9.63 Å². The Morgan fingerprint density at radius 2 is 2.00 bits per heavy atom. The second-order valence-electron chi connectivity index (χ2n) is 10.1. The van der Waals surface area contributed by atoms with Gasteiger partial charge in [-0.25, -0.2) is 0 Å². The first-order valence-electron chi connectivity index (χ1n) is 11.0. The molecule has 0 aromatic rings. The number of fused-ring (bicyclic) bond motifs is 5. The fourth-order valence-electron chi connectivity index (χ4n) is 7.46. The van der Waals surface area contributed by atoms with Crippen molar-refractivity contribution < 1.29 is 14.7 Å². The van der Waals surface area contributed by atoms with Gasteiger partial charge in [-0.15, -0.1) is 12.4 Å². The number of nitrogens with two attached hydrogens (primary N) is 1. The number of hydrogen-bond donors (Lipinski definition) is 2. The smallest absolute Gasteiger partial charge is 0.139 e. The standard InChI is InChI=1S/C22H36N2O3.ClH/c1-21-7-5-16(24-27-10-9-23)12-15(21)11-14(13-25)20-17-3-4-19(26)22(17,2)8-6-18(20)21;/h14-15,17-18,20,25H,3-13,23H2,1-2H3;1H/t14?,15?,17-,18+,20-,21-,22-;/m0./s1. The maximum Gasteiger partial charge on any atom is 0.139 e. The van der Waals surface area contributed by atoms with E-state index in [1.165, 1.54) is 0 Å². The van der Waals surface area contributed by atoms with Crippen LogP contribution >= 0.6 is 12.4 Å². The molecule has 7 atom stereocenters. The minimum absolute atomic E-state index is 0. The summed E-state index contributed by atoms with van der Waals surface area (Å²) in [6.45, 7) is 5.92. The highest BCUT2D eigenvalue weighted by Gasteiger charge is 2.62. The monoisotopic (exact) mass is 412 g/mol. The summed E-state index contributed by atoms with van der Waals surface area (Å²) in [5.74, 6) is 2.98. The molecule has 2 unspecified atom stereocenters. The molecular formula is C22H37ClN2O3. The molecule has 160 valence electrons. The molecule has 4 aliphatic carbocycles. The van der Waals surface area contributed by atoms with Gasteiger partial charge in [0.25, 0.3) is 0 Å². The zero-order valence-corrected chi connectivity index (χ0v) is 18.2. The molecule has 4 rings (SSSR count). The first-order valence-corrected chi connectivity index (χ1v) is 11.0. The Hall–Kier alpha value is -0.650. The van der Waals surface area contributed by atoms with E-state index in [1.807, 2.05) is 0 Å². The van der Waals surface area contributed by atoms with Crippen molar-refractivity contribution in [3.63, 3.8) is 0 Å². The maximum atomic E-state index is 12.6. The summed E-state index contributed by atoms with van der Waals surface area (Å²) < 4.78 is 0. The molecule has 0 aromatic carbocycles. The van der Waals surface area contributed by atoms with Gasteiger partial charge in [-0.05, 0) is 80.0 Å². The van der Waals surface area contributed by atoms with Crippen LogP contribution in [0.15, 0.2) is 5.16 Å². The predicted octanol–water partition coefficient (Wildman–Crippen LogP) is 3.57. The van der Waals surface area contributed by atoms with Gasteiger partial charge >= 0.3 is 0 Å². The van der Waals surface area contributed by atoms with Gasteiger partial charge in [-0.2, -0.15) is 0 Å². The zero-order valence-electron chi connectivity index (χ0n) is 17.4. The third kappa shape index (κ3) is 3.31. The molecule has 0 aromatic heterocycles. The van der Waals surface area contributed by atoms with Crippen molar-refractivity contribution >= 4 is 23.9 Å². The lowest BCUT2D eigenvalue weighted by molar-refractivity contribution is -0.148. The number of aliphatic hydroxyl groups excluding tert-OH is 1. The molecule has 4 aliphatic rings. The second kappa shape index (κ2) is 8.23. The van der Waals surface area contributed by atoms with Gasteiger partial charge in [0, 0.05) is 25.0 Å². The van der Waals surface area contributed by atoms with Crippen LogP contribution in [-0.4, -0.2) is 36.4 Å². The number of aliphatic hydroxyl groups is 1. The maximum absolute atomic E-state index is 12.6. The van der Waals surface area contributed by atoms with Gasteiger partial charge in [0.05, 0.1) is 5.71 Å². The number of nitrogens with zero attached hydrogens (tertiary/aromatic N) is 1. The molecule has 5 nitrogen and oxygen atoms in total.